The standard InChI is InChI=1S/C9H12N2O3/c1-2-3-4-5-6-7(12)10-9(14)11-8(6)13/h3-4,6H,2,5H2,1H3,(H2,10,11,12,13,14)/b4-3+. The summed E-state index contributed by atoms with van der Waals surface area (Å²) in [7, 11) is 0. The molecule has 5 heteroatoms. The summed E-state index contributed by atoms with van der Waals surface area (Å²) in [5.41, 5.74) is 0. The molecule has 0 spiro atoms. The molecule has 0 aromatic heterocycles. The molecule has 0 bridgehead atoms. The molecule has 1 aliphatic heterocycles. The number of hydrogen-bond acceptors (Lipinski definition) is 3. The summed E-state index contributed by atoms with van der Waals surface area (Å²) < 4.78 is 0. The Morgan fingerprint density at radius 1 is 1.14 bits per heavy atom. The summed E-state index contributed by atoms with van der Waals surface area (Å²) in [6.45, 7) is 1.96. The van der Waals surface area contributed by atoms with E-state index in [1.165, 1.54) is 0 Å². The number of carbonyl (C=O) groups is 3. The minimum absolute atomic E-state index is 0.332. The van der Waals surface area contributed by atoms with Gasteiger partial charge in [-0.05, 0) is 12.8 Å². The van der Waals surface area contributed by atoms with Crippen LogP contribution in [0.3, 0.4) is 0 Å². The predicted molar refractivity (Wildman–Crippen MR) is 49.2 cm³/mol. The van der Waals surface area contributed by atoms with Gasteiger partial charge in [-0.25, -0.2) is 4.79 Å². The van der Waals surface area contributed by atoms with Crippen LogP contribution in [-0.4, -0.2) is 17.8 Å². The highest BCUT2D eigenvalue weighted by molar-refractivity contribution is 6.16. The number of carbonyl (C=O) groups excluding carboxylic acids is 3. The SMILES string of the molecule is CC/C=C/CC1C(=O)NC(=O)NC1=O. The molecule has 0 aromatic carbocycles. The number of rotatable bonds is 3. The lowest BCUT2D eigenvalue weighted by molar-refractivity contribution is -0.135. The first-order chi connectivity index (χ1) is 6.65. The van der Waals surface area contributed by atoms with E-state index in [4.69, 9.17) is 0 Å². The van der Waals surface area contributed by atoms with Crippen LogP contribution in [-0.2, 0) is 9.59 Å². The fourth-order valence-corrected chi connectivity index (χ4v) is 1.16. The van der Waals surface area contributed by atoms with Crippen LogP contribution >= 0.6 is 0 Å². The van der Waals surface area contributed by atoms with Crippen molar-refractivity contribution in [3.63, 3.8) is 0 Å². The Labute approximate surface area is 81.5 Å². The lowest BCUT2D eigenvalue weighted by Crippen LogP contribution is -2.55. The van der Waals surface area contributed by atoms with Gasteiger partial charge in [0.2, 0.25) is 11.8 Å². The van der Waals surface area contributed by atoms with Gasteiger partial charge in [0.25, 0.3) is 0 Å². The maximum absolute atomic E-state index is 11.2. The van der Waals surface area contributed by atoms with E-state index in [1.807, 2.05) is 23.6 Å². The highest BCUT2D eigenvalue weighted by atomic mass is 16.2. The van der Waals surface area contributed by atoms with Crippen LogP contribution in [0.4, 0.5) is 4.79 Å². The highest BCUT2D eigenvalue weighted by Crippen LogP contribution is 2.08. The van der Waals surface area contributed by atoms with Crippen molar-refractivity contribution >= 4 is 17.8 Å². The Bertz CT molecular complexity index is 276. The fraction of sp³-hybridized carbons (Fsp3) is 0.444. The van der Waals surface area contributed by atoms with Gasteiger partial charge in [0.05, 0.1) is 0 Å². The van der Waals surface area contributed by atoms with Crippen LogP contribution < -0.4 is 10.6 Å². The molecular weight excluding hydrogens is 184 g/mol. The van der Waals surface area contributed by atoms with E-state index in [9.17, 15) is 14.4 Å². The summed E-state index contributed by atoms with van der Waals surface area (Å²) in [5.74, 6) is -1.84. The normalized spacial score (nSPS) is 18.5. The summed E-state index contributed by atoms with van der Waals surface area (Å²) in [6.07, 6.45) is 4.82. The van der Waals surface area contributed by atoms with E-state index in [-0.39, 0.29) is 0 Å². The van der Waals surface area contributed by atoms with Gasteiger partial charge >= 0.3 is 6.03 Å². The average molecular weight is 196 g/mol. The summed E-state index contributed by atoms with van der Waals surface area (Å²) in [6, 6.07) is -0.740. The first-order valence-electron chi connectivity index (χ1n) is 4.45. The van der Waals surface area contributed by atoms with Crippen molar-refractivity contribution in [2.24, 2.45) is 5.92 Å². The molecule has 2 N–H and O–H groups in total. The van der Waals surface area contributed by atoms with Gasteiger partial charge in [-0.1, -0.05) is 19.1 Å². The number of amides is 4. The maximum Gasteiger partial charge on any atom is 0.328 e. The molecule has 14 heavy (non-hydrogen) atoms. The summed E-state index contributed by atoms with van der Waals surface area (Å²) in [5, 5.41) is 4.09. The largest absolute Gasteiger partial charge is 0.328 e. The van der Waals surface area contributed by atoms with E-state index in [1.54, 1.807) is 6.08 Å². The quantitative estimate of drug-likeness (QED) is 0.504. The van der Waals surface area contributed by atoms with Gasteiger partial charge in [0, 0.05) is 0 Å². The van der Waals surface area contributed by atoms with Crippen molar-refractivity contribution in [3.05, 3.63) is 12.2 Å². The smallest absolute Gasteiger partial charge is 0.277 e. The van der Waals surface area contributed by atoms with Crippen molar-refractivity contribution in [1.29, 1.82) is 0 Å². The van der Waals surface area contributed by atoms with E-state index < -0.39 is 23.8 Å². The number of imide groups is 2. The zero-order chi connectivity index (χ0) is 10.6. The topological polar surface area (TPSA) is 75.3 Å². The van der Waals surface area contributed by atoms with Crippen LogP contribution in [0, 0.1) is 5.92 Å². The molecule has 0 aromatic rings. The van der Waals surface area contributed by atoms with Crippen molar-refractivity contribution < 1.29 is 14.4 Å². The first kappa shape index (κ1) is 10.4. The maximum atomic E-state index is 11.2. The summed E-state index contributed by atoms with van der Waals surface area (Å²) in [4.78, 5) is 33.0. The molecule has 0 atom stereocenters. The molecule has 76 valence electrons. The second-order valence-corrected chi connectivity index (χ2v) is 2.98. The zero-order valence-electron chi connectivity index (χ0n) is 7.87. The van der Waals surface area contributed by atoms with Crippen molar-refractivity contribution in [1.82, 2.24) is 10.6 Å². The van der Waals surface area contributed by atoms with Crippen molar-refractivity contribution in [3.8, 4) is 0 Å². The molecule has 0 radical (unpaired) electrons. The van der Waals surface area contributed by atoms with Gasteiger partial charge in [-0.2, -0.15) is 0 Å². The lowest BCUT2D eigenvalue weighted by atomic mass is 10.0. The zero-order valence-corrected chi connectivity index (χ0v) is 7.87. The molecule has 1 aliphatic rings. The number of urea groups is 1. The van der Waals surface area contributed by atoms with Gasteiger partial charge in [0.1, 0.15) is 5.92 Å². The molecular formula is C9H12N2O3. The molecule has 1 rings (SSSR count). The fourth-order valence-electron chi connectivity index (χ4n) is 1.16. The van der Waals surface area contributed by atoms with Crippen LogP contribution in [0.25, 0.3) is 0 Å². The highest BCUT2D eigenvalue weighted by Gasteiger charge is 2.32. The minimum atomic E-state index is -0.782. The van der Waals surface area contributed by atoms with Gasteiger partial charge in [0.15, 0.2) is 0 Å². The molecule has 1 saturated heterocycles. The van der Waals surface area contributed by atoms with Crippen LogP contribution in [0.15, 0.2) is 12.2 Å². The third-order valence-corrected chi connectivity index (χ3v) is 1.88. The third-order valence-electron chi connectivity index (χ3n) is 1.88. The lowest BCUT2D eigenvalue weighted by Gasteiger charge is -2.18. The van der Waals surface area contributed by atoms with E-state index in [2.05, 4.69) is 0 Å². The second kappa shape index (κ2) is 4.55. The van der Waals surface area contributed by atoms with Crippen molar-refractivity contribution in [2.75, 3.05) is 0 Å². The molecule has 1 heterocycles. The predicted octanol–water partition coefficient (Wildman–Crippen LogP) is 0.325. The molecule has 0 unspecified atom stereocenters. The molecule has 4 amide bonds. The molecule has 1 fully saturated rings. The summed E-state index contributed by atoms with van der Waals surface area (Å²) >= 11 is 0. The molecule has 0 saturated carbocycles. The van der Waals surface area contributed by atoms with Crippen molar-refractivity contribution in [2.45, 2.75) is 19.8 Å². The Kier molecular flexibility index (Phi) is 3.39. The third kappa shape index (κ3) is 2.42. The number of allylic oxidation sites excluding steroid dienone is 2. The first-order valence-corrected chi connectivity index (χ1v) is 4.45. The van der Waals surface area contributed by atoms with Gasteiger partial charge in [-0.3, -0.25) is 20.2 Å². The monoisotopic (exact) mass is 196 g/mol. The van der Waals surface area contributed by atoms with Crippen LogP contribution in [0.5, 0.6) is 0 Å². The second-order valence-electron chi connectivity index (χ2n) is 2.98. The Morgan fingerprint density at radius 3 is 2.21 bits per heavy atom. The average Bonchev–Trinajstić information content (AvgIpc) is 2.09. The van der Waals surface area contributed by atoms with Crippen LogP contribution in [0.2, 0.25) is 0 Å². The molecule has 5 nitrogen and oxygen atoms in total. The number of barbiturate groups is 1. The Balaban J connectivity index is 2.59. The van der Waals surface area contributed by atoms with Crippen LogP contribution in [0.1, 0.15) is 19.8 Å². The molecule has 0 aliphatic carbocycles. The number of nitrogens with one attached hydrogen (secondary N) is 2. The van der Waals surface area contributed by atoms with Gasteiger partial charge in [-0.15, -0.1) is 0 Å². The Hall–Kier alpha value is -1.65. The van der Waals surface area contributed by atoms with E-state index >= 15 is 0 Å². The van der Waals surface area contributed by atoms with E-state index in [0.29, 0.717) is 6.42 Å². The van der Waals surface area contributed by atoms with E-state index in [0.717, 1.165) is 6.42 Å². The Morgan fingerprint density at radius 2 is 1.71 bits per heavy atom. The minimum Gasteiger partial charge on any atom is -0.277 e. The number of hydrogen-bond donors (Lipinski definition) is 2. The van der Waals surface area contributed by atoms with Gasteiger partial charge < -0.3 is 0 Å².